The van der Waals surface area contributed by atoms with E-state index in [2.05, 4.69) is 37.4 Å². The van der Waals surface area contributed by atoms with Crippen LogP contribution in [0.3, 0.4) is 0 Å². The lowest BCUT2D eigenvalue weighted by atomic mass is 9.56. The highest BCUT2D eigenvalue weighted by Crippen LogP contribution is 2.68. The molecular weight excluding hydrogens is 246 g/mol. The van der Waals surface area contributed by atoms with Crippen LogP contribution in [0.5, 0.6) is 0 Å². The fourth-order valence-electron chi connectivity index (χ4n) is 4.13. The third kappa shape index (κ3) is 2.64. The Kier molecular flexibility index (Phi) is 3.64. The van der Waals surface area contributed by atoms with Gasteiger partial charge in [-0.05, 0) is 50.5 Å². The minimum Gasteiger partial charge on any atom is -0.383 e. The van der Waals surface area contributed by atoms with Crippen molar-refractivity contribution in [1.82, 2.24) is 5.32 Å². The van der Waals surface area contributed by atoms with E-state index in [1.807, 2.05) is 0 Å². The lowest BCUT2D eigenvalue weighted by Crippen LogP contribution is -2.50. The molecule has 1 N–H and O–H groups in total. The van der Waals surface area contributed by atoms with E-state index < -0.39 is 0 Å². The van der Waals surface area contributed by atoms with Crippen LogP contribution in [0.1, 0.15) is 42.4 Å². The zero-order valence-electron chi connectivity index (χ0n) is 13.1. The maximum Gasteiger partial charge on any atom is 0.0587 e. The highest BCUT2D eigenvalue weighted by atomic mass is 16.5. The van der Waals surface area contributed by atoms with Crippen LogP contribution in [0.15, 0.2) is 18.2 Å². The molecule has 0 atom stereocenters. The number of rotatable bonds is 6. The number of ether oxygens (including phenoxy) is 1. The zero-order chi connectivity index (χ0) is 14.2. The topological polar surface area (TPSA) is 21.3 Å². The molecule has 2 heteroatoms. The van der Waals surface area contributed by atoms with E-state index in [0.717, 1.165) is 25.1 Å². The maximum atomic E-state index is 5.14. The summed E-state index contributed by atoms with van der Waals surface area (Å²) >= 11 is 0. The summed E-state index contributed by atoms with van der Waals surface area (Å²) in [5, 5.41) is 3.61. The van der Waals surface area contributed by atoms with Crippen LogP contribution in [-0.4, -0.2) is 26.8 Å². The van der Waals surface area contributed by atoms with Crippen molar-refractivity contribution < 1.29 is 4.74 Å². The fourth-order valence-corrected chi connectivity index (χ4v) is 4.13. The minimum absolute atomic E-state index is 0.376. The van der Waals surface area contributed by atoms with Gasteiger partial charge in [-0.2, -0.15) is 0 Å². The van der Waals surface area contributed by atoms with Crippen LogP contribution in [0.4, 0.5) is 0 Å². The van der Waals surface area contributed by atoms with Gasteiger partial charge in [-0.1, -0.05) is 29.3 Å². The molecule has 2 saturated carbocycles. The Morgan fingerprint density at radius 1 is 1.10 bits per heavy atom. The molecule has 110 valence electrons. The first-order chi connectivity index (χ1) is 9.57. The number of aryl methyl sites for hydroxylation is 2. The molecular formula is C18H27NO. The molecule has 2 aliphatic carbocycles. The van der Waals surface area contributed by atoms with E-state index in [-0.39, 0.29) is 0 Å². The van der Waals surface area contributed by atoms with Crippen molar-refractivity contribution in [2.75, 3.05) is 26.8 Å². The van der Waals surface area contributed by atoms with E-state index >= 15 is 0 Å². The van der Waals surface area contributed by atoms with Crippen molar-refractivity contribution in [3.63, 3.8) is 0 Å². The van der Waals surface area contributed by atoms with Gasteiger partial charge in [0.25, 0.3) is 0 Å². The molecule has 2 nitrogen and oxygen atoms in total. The van der Waals surface area contributed by atoms with Crippen LogP contribution in [-0.2, 0) is 10.2 Å². The summed E-state index contributed by atoms with van der Waals surface area (Å²) < 4.78 is 5.14. The Labute approximate surface area is 122 Å². The Balaban J connectivity index is 1.75. The van der Waals surface area contributed by atoms with Crippen LogP contribution >= 0.6 is 0 Å². The zero-order valence-corrected chi connectivity index (χ0v) is 13.1. The quantitative estimate of drug-likeness (QED) is 0.803. The first kappa shape index (κ1) is 14.1. The van der Waals surface area contributed by atoms with E-state index in [1.54, 1.807) is 12.7 Å². The molecule has 0 saturated heterocycles. The Morgan fingerprint density at radius 2 is 1.75 bits per heavy atom. The molecule has 0 heterocycles. The second-order valence-electron chi connectivity index (χ2n) is 7.18. The molecule has 0 aromatic heterocycles. The molecule has 1 aromatic carbocycles. The summed E-state index contributed by atoms with van der Waals surface area (Å²) in [7, 11) is 1.77. The summed E-state index contributed by atoms with van der Waals surface area (Å²) in [4.78, 5) is 0. The fraction of sp³-hybridized carbons (Fsp3) is 0.667. The van der Waals surface area contributed by atoms with Crippen molar-refractivity contribution in [3.05, 3.63) is 34.9 Å². The molecule has 2 fully saturated rings. The van der Waals surface area contributed by atoms with Gasteiger partial charge in [0.05, 0.1) is 6.61 Å². The normalized spacial score (nSPS) is 21.8. The number of hydrogen-bond donors (Lipinski definition) is 1. The van der Waals surface area contributed by atoms with Crippen molar-refractivity contribution >= 4 is 0 Å². The van der Waals surface area contributed by atoms with Gasteiger partial charge in [-0.15, -0.1) is 0 Å². The summed E-state index contributed by atoms with van der Waals surface area (Å²) in [6.07, 6.45) is 5.67. The largest absolute Gasteiger partial charge is 0.383 e. The molecule has 0 amide bonds. The van der Waals surface area contributed by atoms with Gasteiger partial charge in [0.15, 0.2) is 0 Å². The monoisotopic (exact) mass is 273 g/mol. The van der Waals surface area contributed by atoms with Crippen LogP contribution in [0.25, 0.3) is 0 Å². The lowest BCUT2D eigenvalue weighted by Gasteiger charge is -2.50. The van der Waals surface area contributed by atoms with Gasteiger partial charge < -0.3 is 10.1 Å². The second-order valence-corrected chi connectivity index (χ2v) is 7.18. The number of nitrogens with one attached hydrogen (secondary N) is 1. The molecule has 1 spiro atoms. The predicted octanol–water partition coefficient (Wildman–Crippen LogP) is 3.35. The first-order valence-electron chi connectivity index (χ1n) is 7.86. The number of benzene rings is 1. The number of hydrogen-bond acceptors (Lipinski definition) is 2. The van der Waals surface area contributed by atoms with Gasteiger partial charge in [-0.25, -0.2) is 0 Å². The van der Waals surface area contributed by atoms with Gasteiger partial charge in [-0.3, -0.25) is 0 Å². The summed E-state index contributed by atoms with van der Waals surface area (Å²) in [5.41, 5.74) is 5.44. The average molecular weight is 273 g/mol. The van der Waals surface area contributed by atoms with Gasteiger partial charge in [0, 0.05) is 25.6 Å². The SMILES string of the molecule is COCCNCC1(c2cc(C)cc(C)c2)CC2(CC2)C1. The molecule has 0 bridgehead atoms. The van der Waals surface area contributed by atoms with Crippen LogP contribution in [0.2, 0.25) is 0 Å². The standard InChI is InChI=1S/C18H27NO/c1-14-8-15(2)10-16(9-14)18(13-19-6-7-20-3)11-17(12-18)4-5-17/h8-10,19H,4-7,11-13H2,1-3H3. The van der Waals surface area contributed by atoms with Crippen molar-refractivity contribution in [2.24, 2.45) is 5.41 Å². The molecule has 20 heavy (non-hydrogen) atoms. The lowest BCUT2D eigenvalue weighted by molar-refractivity contribution is 0.112. The molecule has 0 radical (unpaired) electrons. The van der Waals surface area contributed by atoms with Crippen LogP contribution < -0.4 is 5.32 Å². The van der Waals surface area contributed by atoms with Crippen molar-refractivity contribution in [1.29, 1.82) is 0 Å². The van der Waals surface area contributed by atoms with Gasteiger partial charge in [0.2, 0.25) is 0 Å². The average Bonchev–Trinajstić information content (AvgIpc) is 3.12. The molecule has 0 aliphatic heterocycles. The third-order valence-electron chi connectivity index (χ3n) is 5.16. The molecule has 2 aliphatic rings. The summed E-state index contributed by atoms with van der Waals surface area (Å²) in [6.45, 7) is 7.29. The van der Waals surface area contributed by atoms with Crippen molar-refractivity contribution in [3.8, 4) is 0 Å². The minimum atomic E-state index is 0.376. The predicted molar refractivity (Wildman–Crippen MR) is 83.2 cm³/mol. The number of methoxy groups -OCH3 is 1. The Hall–Kier alpha value is -0.860. The highest BCUT2D eigenvalue weighted by molar-refractivity contribution is 5.38. The summed E-state index contributed by atoms with van der Waals surface area (Å²) in [6, 6.07) is 7.08. The highest BCUT2D eigenvalue weighted by Gasteiger charge is 2.60. The Bertz CT molecular complexity index is 462. The van der Waals surface area contributed by atoms with E-state index in [9.17, 15) is 0 Å². The van der Waals surface area contributed by atoms with E-state index in [0.29, 0.717) is 5.41 Å². The third-order valence-corrected chi connectivity index (χ3v) is 5.16. The Morgan fingerprint density at radius 3 is 2.30 bits per heavy atom. The van der Waals surface area contributed by atoms with Gasteiger partial charge in [0.1, 0.15) is 0 Å². The summed E-state index contributed by atoms with van der Waals surface area (Å²) in [5.74, 6) is 0. The maximum absolute atomic E-state index is 5.14. The molecule has 3 rings (SSSR count). The smallest absolute Gasteiger partial charge is 0.0587 e. The van der Waals surface area contributed by atoms with Crippen molar-refractivity contribution in [2.45, 2.75) is 44.9 Å². The van der Waals surface area contributed by atoms with E-state index in [4.69, 9.17) is 4.74 Å². The van der Waals surface area contributed by atoms with E-state index in [1.165, 1.54) is 36.8 Å². The molecule has 0 unspecified atom stereocenters. The first-order valence-corrected chi connectivity index (χ1v) is 7.86. The van der Waals surface area contributed by atoms with Crippen LogP contribution in [0, 0.1) is 19.3 Å². The molecule has 1 aromatic rings. The second kappa shape index (κ2) is 5.16. The van der Waals surface area contributed by atoms with Gasteiger partial charge >= 0.3 is 0 Å².